The first-order chi connectivity index (χ1) is 11.0. The lowest BCUT2D eigenvalue weighted by atomic mass is 10.1. The van der Waals surface area contributed by atoms with Crippen LogP contribution in [0.15, 0.2) is 51.4 Å². The predicted molar refractivity (Wildman–Crippen MR) is 102 cm³/mol. The number of aromatic nitrogens is 1. The number of rotatable bonds is 3. The fourth-order valence-corrected chi connectivity index (χ4v) is 4.47. The van der Waals surface area contributed by atoms with Crippen LogP contribution in [0, 0.1) is 0 Å². The zero-order valence-corrected chi connectivity index (χ0v) is 16.3. The van der Waals surface area contributed by atoms with Crippen molar-refractivity contribution in [2.24, 2.45) is 0 Å². The highest BCUT2D eigenvalue weighted by atomic mass is 79.9. The van der Waals surface area contributed by atoms with Crippen molar-refractivity contribution in [3.63, 3.8) is 0 Å². The topological polar surface area (TPSA) is 56.0 Å². The summed E-state index contributed by atoms with van der Waals surface area (Å²) < 4.78 is 1.76. The Labute approximate surface area is 158 Å². The molecule has 0 saturated heterocycles. The minimum Gasteiger partial charge on any atom is -0.375 e. The van der Waals surface area contributed by atoms with Gasteiger partial charge in [0.25, 0.3) is 0 Å². The number of nitrogens with zero attached hydrogens (tertiary/aromatic N) is 1. The monoisotopic (exact) mass is 470 g/mol. The lowest BCUT2D eigenvalue weighted by molar-refractivity contribution is 0.104. The zero-order chi connectivity index (χ0) is 16.6. The van der Waals surface area contributed by atoms with Crippen molar-refractivity contribution in [2.45, 2.75) is 0 Å². The molecule has 23 heavy (non-hydrogen) atoms. The van der Waals surface area contributed by atoms with Gasteiger partial charge in [0.05, 0.1) is 10.7 Å². The first-order valence-corrected chi connectivity index (χ1v) is 9.26. The fourth-order valence-electron chi connectivity index (χ4n) is 2.14. The van der Waals surface area contributed by atoms with E-state index in [1.165, 1.54) is 0 Å². The second kappa shape index (κ2) is 6.73. The highest BCUT2D eigenvalue weighted by molar-refractivity contribution is 9.11. The Kier molecular flexibility index (Phi) is 4.87. The number of halogens is 3. The Bertz CT molecular complexity index is 891. The molecular weight excluding hydrogens is 464 g/mol. The molecule has 3 aromatic rings. The molecule has 0 bridgehead atoms. The predicted octanol–water partition coefficient (Wildman–Crippen LogP) is 5.80. The second-order valence-electron chi connectivity index (χ2n) is 4.70. The van der Waals surface area contributed by atoms with Crippen molar-refractivity contribution < 1.29 is 4.79 Å². The average molecular weight is 473 g/mol. The summed E-state index contributed by atoms with van der Waals surface area (Å²) in [4.78, 5) is 17.7. The molecule has 1 aromatic heterocycles. The first-order valence-electron chi connectivity index (χ1n) is 6.47. The molecule has 0 unspecified atom stereocenters. The van der Waals surface area contributed by atoms with E-state index >= 15 is 0 Å². The molecular formula is C16H9Br2ClN2OS. The van der Waals surface area contributed by atoms with E-state index < -0.39 is 0 Å². The van der Waals surface area contributed by atoms with Crippen LogP contribution < -0.4 is 5.73 Å². The Morgan fingerprint density at radius 3 is 2.43 bits per heavy atom. The van der Waals surface area contributed by atoms with Crippen LogP contribution in [-0.2, 0) is 0 Å². The highest BCUT2D eigenvalue weighted by Crippen LogP contribution is 2.35. The van der Waals surface area contributed by atoms with Crippen LogP contribution in [0.4, 0.5) is 5.13 Å². The molecule has 0 aliphatic heterocycles. The van der Waals surface area contributed by atoms with Gasteiger partial charge in [-0.1, -0.05) is 66.9 Å². The number of nitrogens with two attached hydrogens (primary N) is 1. The van der Waals surface area contributed by atoms with Gasteiger partial charge in [-0.25, -0.2) is 4.98 Å². The van der Waals surface area contributed by atoms with Gasteiger partial charge in [0.15, 0.2) is 5.13 Å². The summed E-state index contributed by atoms with van der Waals surface area (Å²) in [5.74, 6) is -0.184. The van der Waals surface area contributed by atoms with Crippen molar-refractivity contribution >= 4 is 65.7 Å². The van der Waals surface area contributed by atoms with Gasteiger partial charge in [0, 0.05) is 20.1 Å². The van der Waals surface area contributed by atoms with Gasteiger partial charge < -0.3 is 5.73 Å². The zero-order valence-electron chi connectivity index (χ0n) is 11.5. The molecule has 7 heteroatoms. The van der Waals surface area contributed by atoms with E-state index in [0.29, 0.717) is 26.3 Å². The Morgan fingerprint density at radius 1 is 1.13 bits per heavy atom. The largest absolute Gasteiger partial charge is 0.375 e. The third kappa shape index (κ3) is 3.50. The Balaban J connectivity index is 2.15. The van der Waals surface area contributed by atoms with Gasteiger partial charge in [-0.2, -0.15) is 0 Å². The van der Waals surface area contributed by atoms with E-state index in [0.717, 1.165) is 25.8 Å². The first kappa shape index (κ1) is 16.6. The number of thiazole rings is 1. The van der Waals surface area contributed by atoms with Crippen molar-refractivity contribution in [3.05, 3.63) is 66.9 Å². The number of hydrogen-bond donors (Lipinski definition) is 1. The highest BCUT2D eigenvalue weighted by Gasteiger charge is 2.22. The molecule has 0 aliphatic rings. The van der Waals surface area contributed by atoms with E-state index in [1.54, 1.807) is 24.3 Å². The summed E-state index contributed by atoms with van der Waals surface area (Å²) in [7, 11) is 0. The van der Waals surface area contributed by atoms with Crippen molar-refractivity contribution in [1.29, 1.82) is 0 Å². The van der Waals surface area contributed by atoms with Crippen LogP contribution in [0.1, 0.15) is 15.2 Å². The lowest BCUT2D eigenvalue weighted by Crippen LogP contribution is -2.01. The standard InChI is InChI=1S/C16H9Br2ClN2OS/c17-9-5-8(6-10(18)7-9)13-15(23-16(20)21-13)14(22)11-3-1-2-4-12(11)19/h1-7H,(H2,20,21). The molecule has 1 heterocycles. The molecule has 3 rings (SSSR count). The maximum absolute atomic E-state index is 12.9. The van der Waals surface area contributed by atoms with Gasteiger partial charge >= 0.3 is 0 Å². The molecule has 0 saturated carbocycles. The minimum absolute atomic E-state index is 0.184. The average Bonchev–Trinajstić information content (AvgIpc) is 2.88. The van der Waals surface area contributed by atoms with Crippen molar-refractivity contribution in [3.8, 4) is 11.3 Å². The third-order valence-corrected chi connectivity index (χ3v) is 5.23. The van der Waals surface area contributed by atoms with Crippen LogP contribution in [0.25, 0.3) is 11.3 Å². The Morgan fingerprint density at radius 2 is 1.78 bits per heavy atom. The number of anilines is 1. The van der Waals surface area contributed by atoms with Crippen LogP contribution in [0.5, 0.6) is 0 Å². The van der Waals surface area contributed by atoms with Gasteiger partial charge in [-0.3, -0.25) is 4.79 Å². The van der Waals surface area contributed by atoms with Crippen LogP contribution in [0.3, 0.4) is 0 Å². The summed E-state index contributed by atoms with van der Waals surface area (Å²) in [6.07, 6.45) is 0. The molecule has 0 aliphatic carbocycles. The number of ketones is 1. The number of nitrogen functional groups attached to an aromatic ring is 1. The minimum atomic E-state index is -0.184. The van der Waals surface area contributed by atoms with E-state index in [9.17, 15) is 4.79 Å². The normalized spacial score (nSPS) is 10.7. The number of benzene rings is 2. The fraction of sp³-hybridized carbons (Fsp3) is 0. The SMILES string of the molecule is Nc1nc(-c2cc(Br)cc(Br)c2)c(C(=O)c2ccccc2Cl)s1. The molecule has 0 spiro atoms. The van der Waals surface area contributed by atoms with Crippen molar-refractivity contribution in [2.75, 3.05) is 5.73 Å². The summed E-state index contributed by atoms with van der Waals surface area (Å²) in [6.45, 7) is 0. The summed E-state index contributed by atoms with van der Waals surface area (Å²) >= 11 is 14.2. The molecule has 0 amide bonds. The van der Waals surface area contributed by atoms with Gasteiger partial charge in [-0.15, -0.1) is 0 Å². The van der Waals surface area contributed by atoms with Gasteiger partial charge in [0.1, 0.15) is 4.88 Å². The van der Waals surface area contributed by atoms with Crippen molar-refractivity contribution in [1.82, 2.24) is 4.98 Å². The molecule has 0 radical (unpaired) electrons. The van der Waals surface area contributed by atoms with Gasteiger partial charge in [0.2, 0.25) is 5.78 Å². The van der Waals surface area contributed by atoms with Gasteiger partial charge in [-0.05, 0) is 30.3 Å². The molecule has 2 aromatic carbocycles. The van der Waals surface area contributed by atoms with Crippen LogP contribution >= 0.6 is 54.8 Å². The number of carbonyl (C=O) groups excluding carboxylic acids is 1. The van der Waals surface area contributed by atoms with E-state index in [2.05, 4.69) is 36.8 Å². The molecule has 0 atom stereocenters. The molecule has 2 N–H and O–H groups in total. The Hall–Kier alpha value is -1.21. The second-order valence-corrected chi connectivity index (χ2v) is 7.97. The quantitative estimate of drug-likeness (QED) is 0.490. The van der Waals surface area contributed by atoms with E-state index in [4.69, 9.17) is 17.3 Å². The third-order valence-electron chi connectivity index (χ3n) is 3.10. The molecule has 116 valence electrons. The summed E-state index contributed by atoms with van der Waals surface area (Å²) in [5.41, 5.74) is 7.64. The summed E-state index contributed by atoms with van der Waals surface area (Å²) in [6, 6.07) is 12.6. The van der Waals surface area contributed by atoms with E-state index in [1.807, 2.05) is 18.2 Å². The van der Waals surface area contributed by atoms with Crippen LogP contribution in [0.2, 0.25) is 5.02 Å². The molecule has 3 nitrogen and oxygen atoms in total. The van der Waals surface area contributed by atoms with Crippen LogP contribution in [-0.4, -0.2) is 10.8 Å². The smallest absolute Gasteiger partial charge is 0.206 e. The summed E-state index contributed by atoms with van der Waals surface area (Å²) in [5, 5.41) is 0.748. The number of carbonyl (C=O) groups is 1. The van der Waals surface area contributed by atoms with E-state index in [-0.39, 0.29) is 5.78 Å². The maximum atomic E-state index is 12.9. The number of hydrogen-bond acceptors (Lipinski definition) is 4. The molecule has 0 fully saturated rings. The maximum Gasteiger partial charge on any atom is 0.206 e. The lowest BCUT2D eigenvalue weighted by Gasteiger charge is -2.05.